The van der Waals surface area contributed by atoms with E-state index in [0.717, 1.165) is 6.42 Å². The smallest absolute Gasteiger partial charge is 0.228 e. The summed E-state index contributed by atoms with van der Waals surface area (Å²) in [6.45, 7) is 7.78. The van der Waals surface area contributed by atoms with Crippen molar-refractivity contribution < 1.29 is 4.39 Å². The van der Waals surface area contributed by atoms with E-state index in [2.05, 4.69) is 59.2 Å². The second-order valence-electron chi connectivity index (χ2n) is 6.58. The van der Waals surface area contributed by atoms with Crippen molar-refractivity contribution in [2.75, 3.05) is 11.1 Å². The second-order valence-corrected chi connectivity index (χ2v) is 6.58. The first-order chi connectivity index (χ1) is 10.8. The number of nitrogens with one attached hydrogen (secondary N) is 1. The van der Waals surface area contributed by atoms with Gasteiger partial charge in [-0.1, -0.05) is 30.7 Å². The van der Waals surface area contributed by atoms with E-state index >= 15 is 0 Å². The number of anilines is 2. The Morgan fingerprint density at radius 3 is 2.78 bits per heavy atom. The minimum absolute atomic E-state index is 0.0284. The molecule has 0 spiro atoms. The molecule has 122 valence electrons. The van der Waals surface area contributed by atoms with Crippen molar-refractivity contribution in [2.24, 2.45) is 5.92 Å². The molecule has 3 rings (SSSR count). The average Bonchev–Trinajstić information content (AvgIpc) is 2.70. The number of rotatable bonds is 3. The second kappa shape index (κ2) is 5.44. The lowest BCUT2D eigenvalue weighted by Gasteiger charge is -2.32. The Balaban J connectivity index is 2.01. The largest absolute Gasteiger partial charge is 0.368 e. The zero-order chi connectivity index (χ0) is 16.8. The van der Waals surface area contributed by atoms with Crippen LogP contribution in [0.25, 0.3) is 0 Å². The first kappa shape index (κ1) is 15.6. The molecule has 1 heterocycles. The van der Waals surface area contributed by atoms with Crippen LogP contribution in [-0.4, -0.2) is 15.0 Å². The molecule has 0 saturated heterocycles. The highest BCUT2D eigenvalue weighted by atomic mass is 19.1. The number of hydrogen-bond acceptors (Lipinski definition) is 5. The van der Waals surface area contributed by atoms with E-state index in [1.54, 1.807) is 0 Å². The maximum atomic E-state index is 13.5. The van der Waals surface area contributed by atoms with E-state index in [0.29, 0.717) is 11.9 Å². The van der Waals surface area contributed by atoms with Crippen molar-refractivity contribution in [2.45, 2.75) is 45.8 Å². The summed E-state index contributed by atoms with van der Waals surface area (Å²) >= 11 is 0. The van der Waals surface area contributed by atoms with Gasteiger partial charge in [-0.05, 0) is 44.2 Å². The monoisotopic (exact) mass is 315 g/mol. The maximum Gasteiger partial charge on any atom is 0.228 e. The molecule has 0 saturated carbocycles. The van der Waals surface area contributed by atoms with Gasteiger partial charge in [0.2, 0.25) is 11.9 Å². The van der Waals surface area contributed by atoms with Crippen molar-refractivity contribution in [1.29, 1.82) is 0 Å². The highest BCUT2D eigenvalue weighted by Crippen LogP contribution is 2.43. The van der Waals surface area contributed by atoms with Crippen molar-refractivity contribution in [3.8, 4) is 0 Å². The number of nitrogens with two attached hydrogens (primary N) is 1. The molecule has 0 radical (unpaired) electrons. The van der Waals surface area contributed by atoms with Gasteiger partial charge in [-0.25, -0.2) is 4.39 Å². The molecule has 1 aromatic carbocycles. The predicted octanol–water partition coefficient (Wildman–Crippen LogP) is 3.31. The van der Waals surface area contributed by atoms with Crippen LogP contribution in [0, 0.1) is 12.8 Å². The highest BCUT2D eigenvalue weighted by Gasteiger charge is 2.41. The summed E-state index contributed by atoms with van der Waals surface area (Å²) < 4.78 is 13.5. The lowest BCUT2D eigenvalue weighted by Crippen LogP contribution is -2.36. The molecular formula is C17H22FN5. The minimum Gasteiger partial charge on any atom is -0.368 e. The number of benzene rings is 1. The van der Waals surface area contributed by atoms with Crippen LogP contribution in [0.2, 0.25) is 0 Å². The summed E-state index contributed by atoms with van der Waals surface area (Å²) in [5.74, 6) is 0.753. The molecule has 0 aliphatic heterocycles. The predicted molar refractivity (Wildman–Crippen MR) is 88.8 cm³/mol. The van der Waals surface area contributed by atoms with Gasteiger partial charge in [-0.3, -0.25) is 0 Å². The Morgan fingerprint density at radius 2 is 2.09 bits per heavy atom. The summed E-state index contributed by atoms with van der Waals surface area (Å²) in [6, 6.07) is 6.49. The number of fused-ring (bicyclic) bond motifs is 1. The van der Waals surface area contributed by atoms with Gasteiger partial charge in [0.25, 0.3) is 0 Å². The van der Waals surface area contributed by atoms with Gasteiger partial charge in [0.1, 0.15) is 0 Å². The molecule has 1 aromatic heterocycles. The number of halogens is 1. The molecule has 0 amide bonds. The number of hydrogen-bond donors (Lipinski definition) is 2. The standard InChI is InChI=1S/C17H22FN5/c1-9-5-6-12-8-10(2)17(4,13(12)7-9)23-16-21-14(11(3)18)20-15(19)22-16/h5-7,10-11H,8H2,1-4H3,(H3,19,20,21,22,23)/t10-,11-,17+/m0/s1. The Kier molecular flexibility index (Phi) is 3.70. The fourth-order valence-corrected chi connectivity index (χ4v) is 3.22. The lowest BCUT2D eigenvalue weighted by atomic mass is 9.86. The van der Waals surface area contributed by atoms with Gasteiger partial charge in [0.15, 0.2) is 12.0 Å². The molecule has 1 aliphatic rings. The lowest BCUT2D eigenvalue weighted by molar-refractivity contribution is 0.354. The first-order valence-corrected chi connectivity index (χ1v) is 7.83. The van der Waals surface area contributed by atoms with Gasteiger partial charge >= 0.3 is 0 Å². The summed E-state index contributed by atoms with van der Waals surface area (Å²) in [4.78, 5) is 12.2. The highest BCUT2D eigenvalue weighted by molar-refractivity contribution is 5.48. The molecule has 23 heavy (non-hydrogen) atoms. The molecule has 5 nitrogen and oxygen atoms in total. The third-order valence-electron chi connectivity index (χ3n) is 4.73. The Hall–Kier alpha value is -2.24. The summed E-state index contributed by atoms with van der Waals surface area (Å²) in [7, 11) is 0. The molecule has 0 unspecified atom stereocenters. The van der Waals surface area contributed by atoms with E-state index in [-0.39, 0.29) is 17.3 Å². The van der Waals surface area contributed by atoms with Gasteiger partial charge < -0.3 is 11.1 Å². The molecular weight excluding hydrogens is 293 g/mol. The van der Waals surface area contributed by atoms with Crippen molar-refractivity contribution in [3.63, 3.8) is 0 Å². The molecule has 2 aromatic rings. The van der Waals surface area contributed by atoms with Crippen LogP contribution in [0.3, 0.4) is 0 Å². The fraction of sp³-hybridized carbons (Fsp3) is 0.471. The Bertz CT molecular complexity index is 746. The summed E-state index contributed by atoms with van der Waals surface area (Å²) in [5.41, 5.74) is 9.13. The minimum atomic E-state index is -1.29. The van der Waals surface area contributed by atoms with Crippen molar-refractivity contribution in [3.05, 3.63) is 40.7 Å². The normalized spacial score (nSPS) is 24.3. The van der Waals surface area contributed by atoms with Crippen LogP contribution in [0.5, 0.6) is 0 Å². The number of aromatic nitrogens is 3. The third kappa shape index (κ3) is 2.73. The topological polar surface area (TPSA) is 76.7 Å². The third-order valence-corrected chi connectivity index (χ3v) is 4.73. The van der Waals surface area contributed by atoms with Crippen molar-refractivity contribution >= 4 is 11.9 Å². The number of alkyl halides is 1. The van der Waals surface area contributed by atoms with Crippen LogP contribution in [0.1, 0.15) is 49.5 Å². The van der Waals surface area contributed by atoms with Gasteiger partial charge in [0.05, 0.1) is 5.54 Å². The average molecular weight is 315 g/mol. The first-order valence-electron chi connectivity index (χ1n) is 7.83. The number of nitrogens with zero attached hydrogens (tertiary/aromatic N) is 3. The van der Waals surface area contributed by atoms with Crippen molar-refractivity contribution in [1.82, 2.24) is 15.0 Å². The molecule has 3 N–H and O–H groups in total. The Morgan fingerprint density at radius 1 is 1.35 bits per heavy atom. The number of nitrogen functional groups attached to an aromatic ring is 1. The van der Waals surface area contributed by atoms with Crippen LogP contribution in [0.15, 0.2) is 18.2 Å². The summed E-state index contributed by atoms with van der Waals surface area (Å²) in [5, 5.41) is 3.38. The van der Waals surface area contributed by atoms with Gasteiger partial charge in [-0.15, -0.1) is 0 Å². The summed E-state index contributed by atoms with van der Waals surface area (Å²) in [6.07, 6.45) is -0.310. The van der Waals surface area contributed by atoms with Gasteiger partial charge in [-0.2, -0.15) is 15.0 Å². The fourth-order valence-electron chi connectivity index (χ4n) is 3.22. The SMILES string of the molecule is Cc1ccc2c(c1)[C@](C)(Nc1nc(N)nc([C@H](C)F)n1)[C@@H](C)C2. The molecule has 3 atom stereocenters. The van der Waals surface area contributed by atoms with Gasteiger partial charge in [0, 0.05) is 0 Å². The Labute approximate surface area is 135 Å². The molecule has 1 aliphatic carbocycles. The zero-order valence-corrected chi connectivity index (χ0v) is 13.9. The quantitative estimate of drug-likeness (QED) is 0.908. The van der Waals surface area contributed by atoms with E-state index < -0.39 is 6.17 Å². The van der Waals surface area contributed by atoms with Crippen LogP contribution in [-0.2, 0) is 12.0 Å². The zero-order valence-electron chi connectivity index (χ0n) is 13.9. The van der Waals surface area contributed by atoms with Crippen LogP contribution in [0.4, 0.5) is 16.3 Å². The van der Waals surface area contributed by atoms with Crippen LogP contribution >= 0.6 is 0 Å². The van der Waals surface area contributed by atoms with E-state index in [1.165, 1.54) is 23.6 Å². The van der Waals surface area contributed by atoms with E-state index in [9.17, 15) is 4.39 Å². The van der Waals surface area contributed by atoms with E-state index in [4.69, 9.17) is 5.73 Å². The van der Waals surface area contributed by atoms with E-state index in [1.807, 2.05) is 0 Å². The maximum absolute atomic E-state index is 13.5. The molecule has 6 heteroatoms. The molecule has 0 bridgehead atoms. The van der Waals surface area contributed by atoms with Crippen LogP contribution < -0.4 is 11.1 Å². The number of aryl methyl sites for hydroxylation is 1. The molecule has 0 fully saturated rings.